The highest BCUT2D eigenvalue weighted by atomic mass is 16.4. The Labute approximate surface area is 294 Å². The van der Waals surface area contributed by atoms with Gasteiger partial charge in [-0.15, -0.1) is 0 Å². The van der Waals surface area contributed by atoms with Crippen LogP contribution < -0.4 is 0 Å². The summed E-state index contributed by atoms with van der Waals surface area (Å²) in [5, 5.41) is 59.4. The molecule has 0 bridgehead atoms. The third-order valence-corrected chi connectivity index (χ3v) is 9.94. The molecule has 0 radical (unpaired) electrons. The van der Waals surface area contributed by atoms with Crippen LogP contribution in [-0.4, -0.2) is 25.5 Å². The molecule has 0 aliphatic heterocycles. The van der Waals surface area contributed by atoms with Gasteiger partial charge in [0, 0.05) is 5.56 Å². The van der Waals surface area contributed by atoms with Crippen molar-refractivity contribution in [3.8, 4) is 73.3 Å². The van der Waals surface area contributed by atoms with Crippen molar-refractivity contribution in [3.63, 3.8) is 0 Å². The first-order chi connectivity index (χ1) is 24.8. The van der Waals surface area contributed by atoms with Crippen molar-refractivity contribution in [2.24, 2.45) is 0 Å². The van der Waals surface area contributed by atoms with Crippen LogP contribution in [0.2, 0.25) is 0 Å². The van der Waals surface area contributed by atoms with Gasteiger partial charge in [0.2, 0.25) is 17.2 Å². The number of benzene rings is 8. The van der Waals surface area contributed by atoms with E-state index in [9.17, 15) is 25.5 Å². The Balaban J connectivity index is 1.33. The third-order valence-electron chi connectivity index (χ3n) is 9.94. The number of hydrogen-bond donors (Lipinski definition) is 5. The molecule has 0 aliphatic carbocycles. The highest BCUT2D eigenvalue weighted by molar-refractivity contribution is 6.13. The number of phenolic OH excluding ortho intramolecular Hbond substituents is 5. The van der Waals surface area contributed by atoms with Crippen molar-refractivity contribution >= 4 is 38.4 Å². The number of aromatic hydroxyl groups is 5. The van der Waals surface area contributed by atoms with Crippen LogP contribution in [0.4, 0.5) is 0 Å². The van der Waals surface area contributed by atoms with Crippen molar-refractivity contribution < 1.29 is 25.5 Å². The average molecular weight is 667 g/mol. The molecule has 5 nitrogen and oxygen atoms in total. The van der Waals surface area contributed by atoms with Gasteiger partial charge in [-0.3, -0.25) is 0 Å². The molecule has 0 saturated heterocycles. The number of fused-ring (bicyclic) bond motifs is 3. The lowest BCUT2D eigenvalue weighted by molar-refractivity contribution is 0.330. The van der Waals surface area contributed by atoms with Crippen LogP contribution in [0.5, 0.6) is 28.7 Å². The predicted molar refractivity (Wildman–Crippen MR) is 208 cm³/mol. The lowest BCUT2D eigenvalue weighted by Gasteiger charge is -2.22. The fourth-order valence-electron chi connectivity index (χ4n) is 7.51. The van der Waals surface area contributed by atoms with Crippen LogP contribution in [-0.2, 0) is 0 Å². The first-order valence-electron chi connectivity index (χ1n) is 16.8. The summed E-state index contributed by atoms with van der Waals surface area (Å²) in [5.74, 6) is -4.27. The van der Waals surface area contributed by atoms with E-state index >= 15 is 0 Å². The number of hydrogen-bond acceptors (Lipinski definition) is 5. The van der Waals surface area contributed by atoms with Crippen LogP contribution in [0.15, 0.2) is 133 Å². The third kappa shape index (κ3) is 5.01. The van der Waals surface area contributed by atoms with Crippen LogP contribution in [0.25, 0.3) is 82.9 Å². The molecule has 0 fully saturated rings. The van der Waals surface area contributed by atoms with Gasteiger partial charge in [-0.05, 0) is 96.7 Å². The van der Waals surface area contributed by atoms with Crippen LogP contribution in [0.1, 0.15) is 18.1 Å². The molecule has 8 rings (SSSR count). The monoisotopic (exact) mass is 666 g/mol. The van der Waals surface area contributed by atoms with Crippen molar-refractivity contribution in [1.29, 1.82) is 0 Å². The molecule has 8 aromatic rings. The fraction of sp³-hybridized carbons (Fsp3) is 0.0435. The Hall–Kier alpha value is -6.72. The maximum atomic E-state index is 11.0. The van der Waals surface area contributed by atoms with Crippen molar-refractivity contribution in [1.82, 2.24) is 0 Å². The molecule has 5 heteroatoms. The smallest absolute Gasteiger partial charge is 0.208 e. The molecule has 0 aromatic heterocycles. The molecule has 51 heavy (non-hydrogen) atoms. The van der Waals surface area contributed by atoms with Gasteiger partial charge in [0.1, 0.15) is 0 Å². The standard InChI is InChI=1S/C46H34O5/c1-3-10-32-26(2)39(36-15-6-7-16-37(36)40(32)41-42(47)44(49)46(51)45(50)43(41)48)31-24-23-28-13-9-18-35(38(28)25-31)30-21-19-29(20-22-30)34-17-8-12-27-11-4-5-14-33(27)34/h3-25,47-51H,1-2H3/b10-3-. The van der Waals surface area contributed by atoms with E-state index in [1.807, 2.05) is 50.3 Å². The maximum Gasteiger partial charge on any atom is 0.208 e. The number of phenols is 5. The predicted octanol–water partition coefficient (Wildman–Crippen LogP) is 11.7. The fourth-order valence-corrected chi connectivity index (χ4v) is 7.51. The Kier molecular flexibility index (Phi) is 7.61. The van der Waals surface area contributed by atoms with Gasteiger partial charge in [-0.2, -0.15) is 0 Å². The molecule has 0 unspecified atom stereocenters. The van der Waals surface area contributed by atoms with E-state index in [-0.39, 0.29) is 5.56 Å². The zero-order valence-corrected chi connectivity index (χ0v) is 28.0. The van der Waals surface area contributed by atoms with Gasteiger partial charge >= 0.3 is 0 Å². The molecule has 8 aromatic carbocycles. The number of allylic oxidation sites excluding steroid dienone is 1. The van der Waals surface area contributed by atoms with Crippen molar-refractivity contribution in [3.05, 3.63) is 145 Å². The Morgan fingerprint density at radius 2 is 0.882 bits per heavy atom. The molecular weight excluding hydrogens is 633 g/mol. The molecule has 0 amide bonds. The Morgan fingerprint density at radius 3 is 1.49 bits per heavy atom. The van der Waals surface area contributed by atoms with Crippen molar-refractivity contribution in [2.75, 3.05) is 0 Å². The quantitative estimate of drug-likeness (QED) is 0.0929. The zero-order valence-electron chi connectivity index (χ0n) is 28.0. The second-order valence-electron chi connectivity index (χ2n) is 12.8. The summed E-state index contributed by atoms with van der Waals surface area (Å²) in [4.78, 5) is 0. The van der Waals surface area contributed by atoms with E-state index in [0.29, 0.717) is 16.5 Å². The molecule has 0 spiro atoms. The van der Waals surface area contributed by atoms with Crippen molar-refractivity contribution in [2.45, 2.75) is 13.8 Å². The summed E-state index contributed by atoms with van der Waals surface area (Å²) in [7, 11) is 0. The molecule has 0 aliphatic rings. The minimum Gasteiger partial charge on any atom is -0.504 e. The van der Waals surface area contributed by atoms with E-state index in [1.165, 1.54) is 16.3 Å². The minimum absolute atomic E-state index is 0.172. The topological polar surface area (TPSA) is 101 Å². The summed E-state index contributed by atoms with van der Waals surface area (Å²) >= 11 is 0. The lowest BCUT2D eigenvalue weighted by Crippen LogP contribution is -1.97. The minimum atomic E-state index is -0.992. The first kappa shape index (κ1) is 31.5. The largest absolute Gasteiger partial charge is 0.504 e. The van der Waals surface area contributed by atoms with Crippen LogP contribution >= 0.6 is 0 Å². The van der Waals surface area contributed by atoms with E-state index < -0.39 is 28.7 Å². The highest BCUT2D eigenvalue weighted by Gasteiger charge is 2.28. The molecule has 248 valence electrons. The van der Waals surface area contributed by atoms with Gasteiger partial charge in [-0.1, -0.05) is 133 Å². The van der Waals surface area contributed by atoms with E-state index in [0.717, 1.165) is 49.5 Å². The van der Waals surface area contributed by atoms with Gasteiger partial charge < -0.3 is 25.5 Å². The summed E-state index contributed by atoms with van der Waals surface area (Å²) in [6.45, 7) is 3.86. The first-order valence-corrected chi connectivity index (χ1v) is 16.8. The molecule has 0 saturated carbocycles. The zero-order chi connectivity index (χ0) is 35.4. The maximum absolute atomic E-state index is 11.0. The van der Waals surface area contributed by atoms with Crippen LogP contribution in [0, 0.1) is 6.92 Å². The Morgan fingerprint density at radius 1 is 0.412 bits per heavy atom. The highest BCUT2D eigenvalue weighted by Crippen LogP contribution is 2.57. The summed E-state index contributed by atoms with van der Waals surface area (Å²) in [6.07, 6.45) is 3.74. The van der Waals surface area contributed by atoms with E-state index in [4.69, 9.17) is 0 Å². The van der Waals surface area contributed by atoms with Gasteiger partial charge in [-0.25, -0.2) is 0 Å². The molecule has 5 N–H and O–H groups in total. The van der Waals surface area contributed by atoms with Gasteiger partial charge in [0.15, 0.2) is 11.5 Å². The molecule has 0 atom stereocenters. The van der Waals surface area contributed by atoms with E-state index in [1.54, 1.807) is 0 Å². The Bertz CT molecular complexity index is 2670. The van der Waals surface area contributed by atoms with Crippen LogP contribution in [0.3, 0.4) is 0 Å². The summed E-state index contributed by atoms with van der Waals surface area (Å²) in [5.41, 5.74) is 8.30. The van der Waals surface area contributed by atoms with Gasteiger partial charge in [0.25, 0.3) is 0 Å². The number of rotatable bonds is 5. The second-order valence-corrected chi connectivity index (χ2v) is 12.8. The van der Waals surface area contributed by atoms with Gasteiger partial charge in [0.05, 0.1) is 5.56 Å². The van der Waals surface area contributed by atoms with E-state index in [2.05, 4.69) is 103 Å². The molecule has 0 heterocycles. The normalized spacial score (nSPS) is 11.6. The summed E-state index contributed by atoms with van der Waals surface area (Å²) in [6, 6.07) is 44.0. The second kappa shape index (κ2) is 12.3. The summed E-state index contributed by atoms with van der Waals surface area (Å²) < 4.78 is 0. The SMILES string of the molecule is C/C=C\c1c(C)c(-c2ccc3cccc(-c4ccc(-c5cccc6ccccc56)cc4)c3c2)c2ccccc2c1-c1c(O)c(O)c(O)c(O)c1O. The lowest BCUT2D eigenvalue weighted by atomic mass is 9.82. The molecular formula is C46H34O5. The average Bonchev–Trinajstić information content (AvgIpc) is 3.17.